The highest BCUT2D eigenvalue weighted by Crippen LogP contribution is 2.09. The van der Waals surface area contributed by atoms with E-state index in [0.717, 1.165) is 6.42 Å². The Bertz CT molecular complexity index is 351. The van der Waals surface area contributed by atoms with Gasteiger partial charge in [-0.1, -0.05) is 0 Å². The zero-order chi connectivity index (χ0) is 12.1. The molecule has 88 valence electrons. The van der Waals surface area contributed by atoms with E-state index in [-0.39, 0.29) is 17.8 Å². The number of halogens is 1. The van der Waals surface area contributed by atoms with Crippen molar-refractivity contribution < 1.29 is 9.18 Å². The summed E-state index contributed by atoms with van der Waals surface area (Å²) in [6, 6.07) is 5.64. The first kappa shape index (κ1) is 12.6. The van der Waals surface area contributed by atoms with Gasteiger partial charge in [0.2, 0.25) is 0 Å². The molecular weight excluding hydrogens is 207 g/mol. The number of nitrogens with zero attached hydrogens (tertiary/aromatic N) is 1. The molecule has 1 amide bonds. The molecule has 16 heavy (non-hydrogen) atoms. The Morgan fingerprint density at radius 1 is 1.44 bits per heavy atom. The minimum Gasteiger partial charge on any atom is -0.339 e. The Balaban J connectivity index is 2.73. The van der Waals surface area contributed by atoms with Crippen molar-refractivity contribution in [2.45, 2.75) is 19.4 Å². The molecule has 0 radical (unpaired) electrons. The number of hydrogen-bond donors (Lipinski definition) is 1. The van der Waals surface area contributed by atoms with Gasteiger partial charge in [-0.25, -0.2) is 4.39 Å². The second-order valence-corrected chi connectivity index (χ2v) is 3.85. The third-order valence-electron chi connectivity index (χ3n) is 2.66. The normalized spacial score (nSPS) is 12.2. The van der Waals surface area contributed by atoms with E-state index in [1.165, 1.54) is 24.3 Å². The first-order valence-electron chi connectivity index (χ1n) is 5.29. The van der Waals surface area contributed by atoms with Gasteiger partial charge in [-0.05, 0) is 44.2 Å². The highest BCUT2D eigenvalue weighted by Gasteiger charge is 2.16. The maximum absolute atomic E-state index is 12.7. The maximum Gasteiger partial charge on any atom is 0.253 e. The third kappa shape index (κ3) is 3.03. The molecule has 1 unspecified atom stereocenters. The standard InChI is InChI=1S/C12H17FN2O/c1-9(7-8-14)15(2)12(16)10-3-5-11(13)6-4-10/h3-6,9H,7-8,14H2,1-2H3. The van der Waals surface area contributed by atoms with Gasteiger partial charge >= 0.3 is 0 Å². The molecule has 0 bridgehead atoms. The number of amides is 1. The molecule has 0 aliphatic carbocycles. The van der Waals surface area contributed by atoms with Gasteiger partial charge in [-0.2, -0.15) is 0 Å². The van der Waals surface area contributed by atoms with Gasteiger partial charge in [0.15, 0.2) is 0 Å². The lowest BCUT2D eigenvalue weighted by Crippen LogP contribution is -2.36. The van der Waals surface area contributed by atoms with Crippen LogP contribution in [0.3, 0.4) is 0 Å². The summed E-state index contributed by atoms with van der Waals surface area (Å²) >= 11 is 0. The van der Waals surface area contributed by atoms with Crippen LogP contribution < -0.4 is 5.73 Å². The fourth-order valence-electron chi connectivity index (χ4n) is 1.43. The van der Waals surface area contributed by atoms with Gasteiger partial charge in [0, 0.05) is 18.7 Å². The first-order chi connectivity index (χ1) is 7.56. The molecule has 0 spiro atoms. The summed E-state index contributed by atoms with van der Waals surface area (Å²) in [6.07, 6.45) is 0.753. The van der Waals surface area contributed by atoms with Crippen LogP contribution in [-0.2, 0) is 0 Å². The number of hydrogen-bond acceptors (Lipinski definition) is 2. The Morgan fingerprint density at radius 3 is 2.50 bits per heavy atom. The van der Waals surface area contributed by atoms with Crippen LogP contribution in [-0.4, -0.2) is 30.4 Å². The molecule has 0 aliphatic heterocycles. The highest BCUT2D eigenvalue weighted by molar-refractivity contribution is 5.94. The van der Waals surface area contributed by atoms with Crippen molar-refractivity contribution in [2.24, 2.45) is 5.73 Å². The number of nitrogens with two attached hydrogens (primary N) is 1. The summed E-state index contributed by atoms with van der Waals surface area (Å²) in [5.74, 6) is -0.449. The van der Waals surface area contributed by atoms with E-state index in [0.29, 0.717) is 12.1 Å². The smallest absolute Gasteiger partial charge is 0.253 e. The van der Waals surface area contributed by atoms with Crippen molar-refractivity contribution in [3.8, 4) is 0 Å². The zero-order valence-electron chi connectivity index (χ0n) is 9.61. The molecule has 0 aromatic heterocycles. The van der Waals surface area contributed by atoms with E-state index < -0.39 is 0 Å². The van der Waals surface area contributed by atoms with E-state index in [4.69, 9.17) is 5.73 Å². The molecule has 0 heterocycles. The first-order valence-corrected chi connectivity index (χ1v) is 5.29. The molecule has 2 N–H and O–H groups in total. The van der Waals surface area contributed by atoms with Crippen molar-refractivity contribution in [1.29, 1.82) is 0 Å². The Labute approximate surface area is 95.0 Å². The molecule has 1 aromatic carbocycles. The summed E-state index contributed by atoms with van der Waals surface area (Å²) in [5.41, 5.74) is 5.93. The summed E-state index contributed by atoms with van der Waals surface area (Å²) in [7, 11) is 1.73. The fraction of sp³-hybridized carbons (Fsp3) is 0.417. The molecule has 0 saturated heterocycles. The molecule has 1 rings (SSSR count). The summed E-state index contributed by atoms with van der Waals surface area (Å²) in [5, 5.41) is 0. The lowest BCUT2D eigenvalue weighted by atomic mass is 10.1. The monoisotopic (exact) mass is 224 g/mol. The van der Waals surface area contributed by atoms with Gasteiger partial charge < -0.3 is 10.6 Å². The quantitative estimate of drug-likeness (QED) is 0.845. The number of benzene rings is 1. The van der Waals surface area contributed by atoms with Gasteiger partial charge in [-0.3, -0.25) is 4.79 Å². The molecule has 1 aromatic rings. The summed E-state index contributed by atoms with van der Waals surface area (Å²) in [4.78, 5) is 13.6. The van der Waals surface area contributed by atoms with Crippen LogP contribution in [0, 0.1) is 5.82 Å². The predicted molar refractivity (Wildman–Crippen MR) is 61.6 cm³/mol. The van der Waals surface area contributed by atoms with E-state index >= 15 is 0 Å². The second-order valence-electron chi connectivity index (χ2n) is 3.85. The van der Waals surface area contributed by atoms with Gasteiger partial charge in [0.25, 0.3) is 5.91 Å². The van der Waals surface area contributed by atoms with Crippen molar-refractivity contribution >= 4 is 5.91 Å². The topological polar surface area (TPSA) is 46.3 Å². The second kappa shape index (κ2) is 5.61. The van der Waals surface area contributed by atoms with Crippen LogP contribution in [0.4, 0.5) is 4.39 Å². The maximum atomic E-state index is 12.7. The van der Waals surface area contributed by atoms with Crippen LogP contribution in [0.2, 0.25) is 0 Å². The largest absolute Gasteiger partial charge is 0.339 e. The average molecular weight is 224 g/mol. The van der Waals surface area contributed by atoms with Crippen molar-refractivity contribution in [3.63, 3.8) is 0 Å². The predicted octanol–water partition coefficient (Wildman–Crippen LogP) is 1.64. The van der Waals surface area contributed by atoms with Crippen molar-refractivity contribution in [2.75, 3.05) is 13.6 Å². The van der Waals surface area contributed by atoms with Gasteiger partial charge in [0.05, 0.1) is 0 Å². The van der Waals surface area contributed by atoms with Crippen LogP contribution in [0.5, 0.6) is 0 Å². The molecule has 0 aliphatic rings. The number of rotatable bonds is 4. The number of carbonyl (C=O) groups excluding carboxylic acids is 1. The third-order valence-corrected chi connectivity index (χ3v) is 2.66. The van der Waals surface area contributed by atoms with Gasteiger partial charge in [0.1, 0.15) is 5.82 Å². The molecule has 0 fully saturated rings. The zero-order valence-corrected chi connectivity index (χ0v) is 9.61. The lowest BCUT2D eigenvalue weighted by Gasteiger charge is -2.24. The van der Waals surface area contributed by atoms with E-state index in [2.05, 4.69) is 0 Å². The van der Waals surface area contributed by atoms with Crippen LogP contribution in [0.15, 0.2) is 24.3 Å². The lowest BCUT2D eigenvalue weighted by molar-refractivity contribution is 0.0739. The minimum atomic E-state index is -0.339. The SMILES string of the molecule is CC(CCN)N(C)C(=O)c1ccc(F)cc1. The Hall–Kier alpha value is -1.42. The number of carbonyl (C=O) groups is 1. The van der Waals surface area contributed by atoms with Crippen LogP contribution in [0.25, 0.3) is 0 Å². The van der Waals surface area contributed by atoms with E-state index in [1.54, 1.807) is 11.9 Å². The van der Waals surface area contributed by atoms with E-state index in [9.17, 15) is 9.18 Å². The fourth-order valence-corrected chi connectivity index (χ4v) is 1.43. The van der Waals surface area contributed by atoms with Crippen LogP contribution >= 0.6 is 0 Å². The summed E-state index contributed by atoms with van der Waals surface area (Å²) in [6.45, 7) is 2.48. The molecule has 3 nitrogen and oxygen atoms in total. The van der Waals surface area contributed by atoms with Crippen molar-refractivity contribution in [1.82, 2.24) is 4.90 Å². The van der Waals surface area contributed by atoms with Crippen LogP contribution in [0.1, 0.15) is 23.7 Å². The molecule has 4 heteroatoms. The molecular formula is C12H17FN2O. The molecule has 1 atom stereocenters. The molecule has 0 saturated carbocycles. The van der Waals surface area contributed by atoms with Crippen molar-refractivity contribution in [3.05, 3.63) is 35.6 Å². The van der Waals surface area contributed by atoms with E-state index in [1.807, 2.05) is 6.92 Å². The average Bonchev–Trinajstić information content (AvgIpc) is 2.28. The van der Waals surface area contributed by atoms with Gasteiger partial charge in [-0.15, -0.1) is 0 Å². The Kier molecular flexibility index (Phi) is 4.43. The summed E-state index contributed by atoms with van der Waals surface area (Å²) < 4.78 is 12.7. The minimum absolute atomic E-state index is 0.0857. The highest BCUT2D eigenvalue weighted by atomic mass is 19.1. The Morgan fingerprint density at radius 2 is 2.00 bits per heavy atom.